The molecular formula is C17H29N3O5S2. The van der Waals surface area contributed by atoms with E-state index in [0.717, 1.165) is 19.2 Å². The highest BCUT2D eigenvalue weighted by Crippen LogP contribution is 2.21. The minimum absolute atomic E-state index is 0.0455. The minimum atomic E-state index is -3.76. The van der Waals surface area contributed by atoms with Crippen LogP contribution in [0.5, 0.6) is 0 Å². The number of hydrogen-bond donors (Lipinski definition) is 2. The van der Waals surface area contributed by atoms with E-state index < -0.39 is 26.2 Å². The van der Waals surface area contributed by atoms with Gasteiger partial charge in [0.25, 0.3) is 0 Å². The summed E-state index contributed by atoms with van der Waals surface area (Å²) in [6, 6.07) is 5.57. The van der Waals surface area contributed by atoms with Gasteiger partial charge in [-0.25, -0.2) is 16.8 Å². The van der Waals surface area contributed by atoms with Gasteiger partial charge in [-0.1, -0.05) is 13.8 Å². The molecule has 8 nitrogen and oxygen atoms in total. The average Bonchev–Trinajstić information content (AvgIpc) is 2.73. The van der Waals surface area contributed by atoms with E-state index in [1.165, 1.54) is 28.6 Å². The maximum absolute atomic E-state index is 12.9. The Kier molecular flexibility index (Phi) is 7.26. The van der Waals surface area contributed by atoms with Gasteiger partial charge >= 0.3 is 0 Å². The van der Waals surface area contributed by atoms with Crippen LogP contribution in [0.2, 0.25) is 0 Å². The maximum atomic E-state index is 12.9. The molecule has 0 aliphatic carbocycles. The van der Waals surface area contributed by atoms with Crippen LogP contribution in [0, 0.1) is 5.92 Å². The first-order valence-corrected chi connectivity index (χ1v) is 12.3. The Morgan fingerprint density at radius 3 is 2.30 bits per heavy atom. The van der Waals surface area contributed by atoms with Gasteiger partial charge in [-0.05, 0) is 43.1 Å². The quantitative estimate of drug-likeness (QED) is 0.676. The Balaban J connectivity index is 2.11. The van der Waals surface area contributed by atoms with Gasteiger partial charge in [0, 0.05) is 31.9 Å². The molecule has 0 spiro atoms. The molecule has 1 atom stereocenters. The fourth-order valence-electron chi connectivity index (χ4n) is 2.95. The van der Waals surface area contributed by atoms with Crippen LogP contribution >= 0.6 is 0 Å². The Labute approximate surface area is 162 Å². The first-order chi connectivity index (χ1) is 12.5. The standard InChI is InChI=1S/C17H29N3O5S2/c1-14(2)8-9-19-10-11-20(13-16(21)12-19)27(24,25)17-6-4-15(5-7-17)18-26(3,22)23/h4-7,14,16,18,21H,8-13H2,1-3H3. The zero-order valence-electron chi connectivity index (χ0n) is 16.0. The van der Waals surface area contributed by atoms with E-state index in [1.54, 1.807) is 0 Å². The molecule has 2 rings (SSSR count). The lowest BCUT2D eigenvalue weighted by Gasteiger charge is -2.22. The van der Waals surface area contributed by atoms with Gasteiger partial charge in [0.15, 0.2) is 0 Å². The number of aliphatic hydroxyl groups excluding tert-OH is 1. The highest BCUT2D eigenvalue weighted by atomic mass is 32.2. The lowest BCUT2D eigenvalue weighted by Crippen LogP contribution is -2.37. The van der Waals surface area contributed by atoms with E-state index in [1.807, 2.05) is 0 Å². The lowest BCUT2D eigenvalue weighted by atomic mass is 10.1. The Bertz CT molecular complexity index is 823. The zero-order valence-corrected chi connectivity index (χ0v) is 17.6. The zero-order chi connectivity index (χ0) is 20.2. The summed E-state index contributed by atoms with van der Waals surface area (Å²) < 4.78 is 51.9. The molecule has 0 aromatic heterocycles. The van der Waals surface area contributed by atoms with Crippen LogP contribution in [-0.4, -0.2) is 76.2 Å². The van der Waals surface area contributed by atoms with E-state index in [2.05, 4.69) is 23.5 Å². The molecule has 1 aromatic rings. The molecule has 1 aliphatic rings. The number of nitrogens with one attached hydrogen (secondary N) is 1. The van der Waals surface area contributed by atoms with Crippen molar-refractivity contribution in [1.82, 2.24) is 9.21 Å². The summed E-state index contributed by atoms with van der Waals surface area (Å²) in [5, 5.41) is 10.3. The monoisotopic (exact) mass is 419 g/mol. The molecule has 0 bridgehead atoms. The number of nitrogens with zero attached hydrogens (tertiary/aromatic N) is 2. The summed E-state index contributed by atoms with van der Waals surface area (Å²) in [6.45, 7) is 6.46. The van der Waals surface area contributed by atoms with Crippen molar-refractivity contribution in [3.05, 3.63) is 24.3 Å². The number of rotatable bonds is 7. The van der Waals surface area contributed by atoms with E-state index in [-0.39, 0.29) is 11.4 Å². The summed E-state index contributed by atoms with van der Waals surface area (Å²) in [5.74, 6) is 0.546. The number of aliphatic hydroxyl groups is 1. The van der Waals surface area contributed by atoms with Crippen molar-refractivity contribution in [3.8, 4) is 0 Å². The molecule has 2 N–H and O–H groups in total. The van der Waals surface area contributed by atoms with Gasteiger partial charge in [-0.2, -0.15) is 4.31 Å². The van der Waals surface area contributed by atoms with Crippen molar-refractivity contribution in [1.29, 1.82) is 0 Å². The predicted molar refractivity (Wildman–Crippen MR) is 106 cm³/mol. The molecule has 1 aliphatic heterocycles. The predicted octanol–water partition coefficient (Wildman–Crippen LogP) is 0.771. The molecule has 154 valence electrons. The second-order valence-electron chi connectivity index (χ2n) is 7.40. The van der Waals surface area contributed by atoms with E-state index in [9.17, 15) is 21.9 Å². The number of benzene rings is 1. The summed E-state index contributed by atoms with van der Waals surface area (Å²) in [4.78, 5) is 2.17. The van der Waals surface area contributed by atoms with Crippen LogP contribution < -0.4 is 4.72 Å². The molecule has 1 heterocycles. The number of anilines is 1. The molecule has 10 heteroatoms. The second-order valence-corrected chi connectivity index (χ2v) is 11.1. The smallest absolute Gasteiger partial charge is 0.243 e. The van der Waals surface area contributed by atoms with Crippen molar-refractivity contribution >= 4 is 25.7 Å². The fraction of sp³-hybridized carbons (Fsp3) is 0.647. The lowest BCUT2D eigenvalue weighted by molar-refractivity contribution is 0.120. The largest absolute Gasteiger partial charge is 0.390 e. The Hall–Kier alpha value is -1.20. The van der Waals surface area contributed by atoms with E-state index in [0.29, 0.717) is 31.2 Å². The van der Waals surface area contributed by atoms with Gasteiger partial charge in [0.05, 0.1) is 17.3 Å². The first-order valence-electron chi connectivity index (χ1n) is 8.96. The van der Waals surface area contributed by atoms with E-state index in [4.69, 9.17) is 0 Å². The summed E-state index contributed by atoms with van der Waals surface area (Å²) >= 11 is 0. The third kappa shape index (κ3) is 6.72. The third-order valence-corrected chi connectivity index (χ3v) is 6.85. The van der Waals surface area contributed by atoms with Crippen LogP contribution in [0.4, 0.5) is 5.69 Å². The van der Waals surface area contributed by atoms with Gasteiger partial charge in [-0.15, -0.1) is 0 Å². The van der Waals surface area contributed by atoms with Crippen molar-refractivity contribution < 1.29 is 21.9 Å². The molecule has 1 saturated heterocycles. The van der Waals surface area contributed by atoms with Crippen LogP contribution in [0.1, 0.15) is 20.3 Å². The van der Waals surface area contributed by atoms with Crippen LogP contribution in [0.3, 0.4) is 0 Å². The SMILES string of the molecule is CC(C)CCN1CCN(S(=O)(=O)c2ccc(NS(C)(=O)=O)cc2)CC(O)C1. The molecular weight excluding hydrogens is 390 g/mol. The topological polar surface area (TPSA) is 107 Å². The number of sulfonamides is 2. The molecule has 1 fully saturated rings. The molecule has 27 heavy (non-hydrogen) atoms. The van der Waals surface area contributed by atoms with Gasteiger partial charge in [-0.3, -0.25) is 9.62 Å². The van der Waals surface area contributed by atoms with Crippen molar-refractivity contribution in [2.75, 3.05) is 43.7 Å². The number of hydrogen-bond acceptors (Lipinski definition) is 6. The van der Waals surface area contributed by atoms with Crippen LogP contribution in [-0.2, 0) is 20.0 Å². The second kappa shape index (κ2) is 8.87. The van der Waals surface area contributed by atoms with Crippen LogP contribution in [0.15, 0.2) is 29.2 Å². The van der Waals surface area contributed by atoms with Crippen molar-refractivity contribution in [2.24, 2.45) is 5.92 Å². The summed E-state index contributed by atoms with van der Waals surface area (Å²) in [6.07, 6.45) is 1.27. The van der Waals surface area contributed by atoms with Gasteiger partial charge in [0.1, 0.15) is 0 Å². The molecule has 0 amide bonds. The van der Waals surface area contributed by atoms with E-state index >= 15 is 0 Å². The van der Waals surface area contributed by atoms with Crippen molar-refractivity contribution in [3.63, 3.8) is 0 Å². The fourth-order valence-corrected chi connectivity index (χ4v) is 4.98. The summed E-state index contributed by atoms with van der Waals surface area (Å²) in [7, 11) is -7.19. The molecule has 0 radical (unpaired) electrons. The maximum Gasteiger partial charge on any atom is 0.243 e. The molecule has 1 aromatic carbocycles. The molecule has 0 saturated carbocycles. The van der Waals surface area contributed by atoms with Gasteiger partial charge < -0.3 is 5.11 Å². The molecule has 1 unspecified atom stereocenters. The Morgan fingerprint density at radius 1 is 1.11 bits per heavy atom. The first kappa shape index (κ1) is 22.1. The van der Waals surface area contributed by atoms with Crippen LogP contribution in [0.25, 0.3) is 0 Å². The highest BCUT2D eigenvalue weighted by Gasteiger charge is 2.30. The minimum Gasteiger partial charge on any atom is -0.390 e. The normalized spacial score (nSPS) is 20.6. The summed E-state index contributed by atoms with van der Waals surface area (Å²) in [5.41, 5.74) is 0.298. The average molecular weight is 420 g/mol. The highest BCUT2D eigenvalue weighted by molar-refractivity contribution is 7.92. The van der Waals surface area contributed by atoms with Crippen molar-refractivity contribution in [2.45, 2.75) is 31.3 Å². The third-order valence-electron chi connectivity index (χ3n) is 4.37. The van der Waals surface area contributed by atoms with Gasteiger partial charge in [0.2, 0.25) is 20.0 Å². The Morgan fingerprint density at radius 2 is 1.74 bits per heavy atom. The number of β-amino-alcohol motifs (C(OH)–C–C–N with tert-alkyl or cyclic N) is 1.